The van der Waals surface area contributed by atoms with E-state index < -0.39 is 0 Å². The number of H-pyrrole nitrogens is 1. The van der Waals surface area contributed by atoms with Crippen molar-refractivity contribution in [1.29, 1.82) is 0 Å². The number of anilines is 1. The summed E-state index contributed by atoms with van der Waals surface area (Å²) < 4.78 is 10.8. The maximum Gasteiger partial charge on any atom is 0.235 e. The number of benzene rings is 2. The Labute approximate surface area is 153 Å². The lowest BCUT2D eigenvalue weighted by Crippen LogP contribution is -2.23. The number of ether oxygens (including phenoxy) is 1. The molecule has 134 valence electrons. The van der Waals surface area contributed by atoms with Gasteiger partial charge in [0.05, 0.1) is 30.4 Å². The summed E-state index contributed by atoms with van der Waals surface area (Å²) in [6.07, 6.45) is 1.88. The highest BCUT2D eigenvalue weighted by Gasteiger charge is 2.31. The minimum Gasteiger partial charge on any atom is -0.497 e. The van der Waals surface area contributed by atoms with Gasteiger partial charge in [0.15, 0.2) is 0 Å². The smallest absolute Gasteiger partial charge is 0.235 e. The first kappa shape index (κ1) is 15.6. The highest BCUT2D eigenvalue weighted by molar-refractivity contribution is 5.95. The summed E-state index contributed by atoms with van der Waals surface area (Å²) in [5.74, 6) is 1.17. The van der Waals surface area contributed by atoms with E-state index in [1.807, 2.05) is 30.3 Å². The van der Waals surface area contributed by atoms with Gasteiger partial charge in [0, 0.05) is 17.7 Å². The lowest BCUT2D eigenvalue weighted by molar-refractivity contribution is -0.116. The molecule has 0 saturated heterocycles. The number of fused-ring (bicyclic) bond motifs is 2. The molecule has 1 atom stereocenters. The van der Waals surface area contributed by atoms with Crippen LogP contribution < -0.4 is 10.1 Å². The number of rotatable bonds is 3. The molecule has 5 rings (SSSR count). The average Bonchev–Trinajstić information content (AvgIpc) is 3.35. The van der Waals surface area contributed by atoms with E-state index in [-0.39, 0.29) is 18.2 Å². The third-order valence-corrected chi connectivity index (χ3v) is 4.72. The number of amides is 1. The summed E-state index contributed by atoms with van der Waals surface area (Å²) in [6, 6.07) is 11.2. The number of hydrogen-bond acceptors (Lipinski definition) is 6. The Morgan fingerprint density at radius 3 is 3.04 bits per heavy atom. The second-order valence-corrected chi connectivity index (χ2v) is 6.35. The Bertz CT molecular complexity index is 1160. The van der Waals surface area contributed by atoms with Crippen molar-refractivity contribution in [2.24, 2.45) is 0 Å². The number of nitrogens with zero attached hydrogens (tertiary/aromatic N) is 3. The standard InChI is InChI=1S/C19H15N5O3/c1-26-11-3-5-14-12(7-11)13(8-17(25)22-14)19-23-18(24-27-19)10-2-4-15-16(6-10)21-9-20-15/h2-7,9,13H,8H2,1H3,(H,20,21)(H,22,25). The number of nitrogens with one attached hydrogen (secondary N) is 2. The van der Waals surface area contributed by atoms with Crippen molar-refractivity contribution in [3.8, 4) is 17.1 Å². The Balaban J connectivity index is 1.55. The Hall–Kier alpha value is -3.68. The van der Waals surface area contributed by atoms with Gasteiger partial charge >= 0.3 is 0 Å². The average molecular weight is 361 g/mol. The zero-order chi connectivity index (χ0) is 18.4. The van der Waals surface area contributed by atoms with Crippen LogP contribution in [0.3, 0.4) is 0 Å². The van der Waals surface area contributed by atoms with E-state index in [1.165, 1.54) is 0 Å². The van der Waals surface area contributed by atoms with Gasteiger partial charge in [0.2, 0.25) is 17.6 Å². The topological polar surface area (TPSA) is 106 Å². The fraction of sp³-hybridized carbons (Fsp3) is 0.158. The second kappa shape index (κ2) is 5.94. The molecule has 0 aliphatic carbocycles. The molecular formula is C19H15N5O3. The van der Waals surface area contributed by atoms with E-state index in [9.17, 15) is 4.79 Å². The van der Waals surface area contributed by atoms with Gasteiger partial charge in [0.25, 0.3) is 0 Å². The normalized spacial score (nSPS) is 16.2. The molecule has 8 nitrogen and oxygen atoms in total. The monoisotopic (exact) mass is 361 g/mol. The molecule has 4 aromatic rings. The van der Waals surface area contributed by atoms with Crippen LogP contribution in [-0.2, 0) is 4.79 Å². The number of hydrogen-bond donors (Lipinski definition) is 2. The van der Waals surface area contributed by atoms with Crippen LogP contribution in [-0.4, -0.2) is 33.1 Å². The van der Waals surface area contributed by atoms with Gasteiger partial charge in [-0.25, -0.2) is 4.98 Å². The fourth-order valence-corrected chi connectivity index (χ4v) is 3.36. The molecule has 0 saturated carbocycles. The van der Waals surface area contributed by atoms with Crippen LogP contribution in [0.15, 0.2) is 47.2 Å². The second-order valence-electron chi connectivity index (χ2n) is 6.35. The lowest BCUT2D eigenvalue weighted by Gasteiger charge is -2.23. The highest BCUT2D eigenvalue weighted by atomic mass is 16.5. The molecule has 2 N–H and O–H groups in total. The van der Waals surface area contributed by atoms with Crippen LogP contribution in [0.4, 0.5) is 5.69 Å². The van der Waals surface area contributed by atoms with Crippen molar-refractivity contribution in [3.05, 3.63) is 54.2 Å². The third-order valence-electron chi connectivity index (χ3n) is 4.72. The first-order valence-electron chi connectivity index (χ1n) is 8.46. The van der Waals surface area contributed by atoms with E-state index >= 15 is 0 Å². The van der Waals surface area contributed by atoms with Gasteiger partial charge in [-0.1, -0.05) is 5.16 Å². The summed E-state index contributed by atoms with van der Waals surface area (Å²) in [7, 11) is 1.61. The SMILES string of the molecule is COc1ccc2c(c1)C(c1nc(-c3ccc4nc[nH]c4c3)no1)CC(=O)N2. The highest BCUT2D eigenvalue weighted by Crippen LogP contribution is 2.38. The number of methoxy groups -OCH3 is 1. The first-order valence-corrected chi connectivity index (χ1v) is 8.46. The van der Waals surface area contributed by atoms with Crippen molar-refractivity contribution >= 4 is 22.6 Å². The summed E-state index contributed by atoms with van der Waals surface area (Å²) in [4.78, 5) is 23.9. The van der Waals surface area contributed by atoms with Crippen molar-refractivity contribution in [1.82, 2.24) is 20.1 Å². The van der Waals surface area contributed by atoms with Crippen molar-refractivity contribution in [3.63, 3.8) is 0 Å². The van der Waals surface area contributed by atoms with Crippen molar-refractivity contribution in [2.75, 3.05) is 12.4 Å². The summed E-state index contributed by atoms with van der Waals surface area (Å²) >= 11 is 0. The molecule has 0 spiro atoms. The maximum atomic E-state index is 12.1. The predicted molar refractivity (Wildman–Crippen MR) is 97.5 cm³/mol. The van der Waals surface area contributed by atoms with Gasteiger partial charge < -0.3 is 19.6 Å². The largest absolute Gasteiger partial charge is 0.497 e. The van der Waals surface area contributed by atoms with Gasteiger partial charge in [-0.15, -0.1) is 0 Å². The molecule has 1 aliphatic rings. The quantitative estimate of drug-likeness (QED) is 0.581. The number of carbonyl (C=O) groups is 1. The van der Waals surface area contributed by atoms with Gasteiger partial charge in [-0.05, 0) is 42.0 Å². The van der Waals surface area contributed by atoms with E-state index in [2.05, 4.69) is 25.4 Å². The Morgan fingerprint density at radius 1 is 1.22 bits per heavy atom. The van der Waals surface area contributed by atoms with Crippen LogP contribution in [0.1, 0.15) is 23.8 Å². The molecule has 3 heterocycles. The third kappa shape index (κ3) is 2.62. The predicted octanol–water partition coefficient (Wildman–Crippen LogP) is 3.10. The molecule has 0 bridgehead atoms. The van der Waals surface area contributed by atoms with Crippen LogP contribution in [0.5, 0.6) is 5.75 Å². The number of aromatic nitrogens is 4. The summed E-state index contributed by atoms with van der Waals surface area (Å²) in [6.45, 7) is 0. The summed E-state index contributed by atoms with van der Waals surface area (Å²) in [5.41, 5.74) is 4.20. The molecule has 8 heteroatoms. The van der Waals surface area contributed by atoms with Crippen LogP contribution in [0.25, 0.3) is 22.4 Å². The fourth-order valence-electron chi connectivity index (χ4n) is 3.36. The number of aromatic amines is 1. The molecule has 27 heavy (non-hydrogen) atoms. The molecule has 2 aromatic heterocycles. The molecule has 2 aromatic carbocycles. The minimum atomic E-state index is -0.319. The molecule has 0 fully saturated rings. The minimum absolute atomic E-state index is 0.0868. The molecule has 0 radical (unpaired) electrons. The van der Waals surface area contributed by atoms with Crippen molar-refractivity contribution < 1.29 is 14.1 Å². The van der Waals surface area contributed by atoms with Gasteiger partial charge in [-0.3, -0.25) is 4.79 Å². The van der Waals surface area contributed by atoms with Gasteiger partial charge in [0.1, 0.15) is 5.75 Å². The number of carbonyl (C=O) groups excluding carboxylic acids is 1. The van der Waals surface area contributed by atoms with Crippen molar-refractivity contribution in [2.45, 2.75) is 12.3 Å². The lowest BCUT2D eigenvalue weighted by atomic mass is 9.90. The summed E-state index contributed by atoms with van der Waals surface area (Å²) in [5, 5.41) is 6.98. The molecular weight excluding hydrogens is 346 g/mol. The van der Waals surface area contributed by atoms with Gasteiger partial charge in [-0.2, -0.15) is 4.98 Å². The van der Waals surface area contributed by atoms with Crippen LogP contribution in [0.2, 0.25) is 0 Å². The van der Waals surface area contributed by atoms with Crippen LogP contribution in [0, 0.1) is 0 Å². The molecule has 1 amide bonds. The molecule has 1 unspecified atom stereocenters. The van der Waals surface area contributed by atoms with Crippen LogP contribution >= 0.6 is 0 Å². The number of imidazole rings is 1. The Kier molecular flexibility index (Phi) is 3.43. The van der Waals surface area contributed by atoms with E-state index in [0.717, 1.165) is 27.8 Å². The zero-order valence-corrected chi connectivity index (χ0v) is 14.4. The zero-order valence-electron chi connectivity index (χ0n) is 14.4. The van der Waals surface area contributed by atoms with E-state index in [0.29, 0.717) is 17.5 Å². The van der Waals surface area contributed by atoms with E-state index in [1.54, 1.807) is 19.5 Å². The Morgan fingerprint density at radius 2 is 2.15 bits per heavy atom. The first-order chi connectivity index (χ1) is 13.2. The maximum absolute atomic E-state index is 12.1. The molecule has 1 aliphatic heterocycles. The van der Waals surface area contributed by atoms with E-state index in [4.69, 9.17) is 9.26 Å².